The maximum atomic E-state index is 2.55. The fraction of sp³-hybridized carbons (Fsp3) is 1.00. The first-order valence-corrected chi connectivity index (χ1v) is 8.75. The smallest absolute Gasteiger partial charge is 0.0144 e. The molecule has 0 nitrogen and oxygen atoms in total. The zero-order valence-corrected chi connectivity index (χ0v) is 9.24. The topological polar surface area (TPSA) is 0 Å². The lowest BCUT2D eigenvalue weighted by Crippen LogP contribution is -2.11. The normalized spacial score (nSPS) is 42.3. The van der Waals surface area contributed by atoms with Gasteiger partial charge >= 0.3 is 0 Å². The summed E-state index contributed by atoms with van der Waals surface area (Å²) >= 11 is 0. The zero-order valence-electron chi connectivity index (χ0n) is 7.34. The quantitative estimate of drug-likeness (QED) is 0.551. The zero-order chi connectivity index (χ0) is 7.68. The molecule has 2 rings (SSSR count). The van der Waals surface area contributed by atoms with E-state index in [0.717, 1.165) is 0 Å². The summed E-state index contributed by atoms with van der Waals surface area (Å²) in [5.74, 6) is 1.17. The molecule has 0 spiro atoms. The van der Waals surface area contributed by atoms with Gasteiger partial charge in [0.2, 0.25) is 0 Å². The second-order valence-electron chi connectivity index (χ2n) is 3.92. The molecule has 1 aliphatic carbocycles. The SMILES string of the molecule is CP1PCC[C@@H]1C1CCCC1. The first kappa shape index (κ1) is 8.46. The molecule has 2 unspecified atom stereocenters. The van der Waals surface area contributed by atoms with Crippen molar-refractivity contribution >= 4 is 15.9 Å². The minimum absolute atomic E-state index is 0.488. The Bertz CT molecular complexity index is 130. The van der Waals surface area contributed by atoms with Crippen LogP contribution in [0, 0.1) is 5.92 Å². The van der Waals surface area contributed by atoms with Crippen molar-refractivity contribution in [1.82, 2.24) is 0 Å². The van der Waals surface area contributed by atoms with Crippen LogP contribution in [0.4, 0.5) is 0 Å². The average Bonchev–Trinajstić information content (AvgIpc) is 2.55. The monoisotopic (exact) mass is 188 g/mol. The standard InChI is InChI=1S/C9H18P2/c1-11-9(6-7-10-11)8-4-2-3-5-8/h8-10H,2-7H2,1H3/t9-,11?/m1/s1. The van der Waals surface area contributed by atoms with Crippen LogP contribution >= 0.6 is 15.9 Å². The predicted molar refractivity (Wildman–Crippen MR) is 56.4 cm³/mol. The molecular weight excluding hydrogens is 170 g/mol. The van der Waals surface area contributed by atoms with E-state index in [0.29, 0.717) is 7.61 Å². The van der Waals surface area contributed by atoms with E-state index in [1.54, 1.807) is 25.4 Å². The Hall–Kier alpha value is 0.860. The minimum atomic E-state index is 0.488. The van der Waals surface area contributed by atoms with Gasteiger partial charge in [0.15, 0.2) is 0 Å². The highest BCUT2D eigenvalue weighted by molar-refractivity contribution is 8.22. The van der Waals surface area contributed by atoms with Crippen molar-refractivity contribution in [3.05, 3.63) is 0 Å². The van der Waals surface area contributed by atoms with Crippen molar-refractivity contribution in [2.24, 2.45) is 5.92 Å². The van der Waals surface area contributed by atoms with Crippen LogP contribution < -0.4 is 0 Å². The maximum absolute atomic E-state index is 2.55. The van der Waals surface area contributed by atoms with E-state index in [1.165, 1.54) is 32.7 Å². The third kappa shape index (κ3) is 1.78. The van der Waals surface area contributed by atoms with Crippen molar-refractivity contribution < 1.29 is 0 Å². The first-order valence-electron chi connectivity index (χ1n) is 4.84. The van der Waals surface area contributed by atoms with Gasteiger partial charge in [-0.1, -0.05) is 28.7 Å². The van der Waals surface area contributed by atoms with Crippen molar-refractivity contribution in [3.63, 3.8) is 0 Å². The molecule has 0 aromatic rings. The van der Waals surface area contributed by atoms with E-state index in [-0.39, 0.29) is 0 Å². The van der Waals surface area contributed by atoms with Crippen LogP contribution in [-0.4, -0.2) is 18.5 Å². The van der Waals surface area contributed by atoms with Crippen molar-refractivity contribution in [2.75, 3.05) is 12.8 Å². The largest absolute Gasteiger partial charge is 0.0960 e. The lowest BCUT2D eigenvalue weighted by atomic mass is 10.0. The van der Waals surface area contributed by atoms with Gasteiger partial charge in [0.1, 0.15) is 0 Å². The van der Waals surface area contributed by atoms with E-state index < -0.39 is 0 Å². The Balaban J connectivity index is 1.92. The Morgan fingerprint density at radius 1 is 1.18 bits per heavy atom. The average molecular weight is 188 g/mol. The van der Waals surface area contributed by atoms with Crippen molar-refractivity contribution in [3.8, 4) is 0 Å². The van der Waals surface area contributed by atoms with E-state index in [9.17, 15) is 0 Å². The summed E-state index contributed by atoms with van der Waals surface area (Å²) in [6.45, 7) is 2.55. The molecule has 1 saturated heterocycles. The van der Waals surface area contributed by atoms with Crippen LogP contribution in [0.2, 0.25) is 0 Å². The van der Waals surface area contributed by atoms with Gasteiger partial charge in [-0.15, -0.1) is 0 Å². The Kier molecular flexibility index (Phi) is 2.86. The number of rotatable bonds is 1. The molecule has 2 heteroatoms. The summed E-state index contributed by atoms with van der Waals surface area (Å²) in [5.41, 5.74) is 1.20. The maximum Gasteiger partial charge on any atom is -0.0144 e. The molecule has 0 N–H and O–H groups in total. The van der Waals surface area contributed by atoms with Gasteiger partial charge in [-0.2, -0.15) is 0 Å². The van der Waals surface area contributed by atoms with E-state index >= 15 is 0 Å². The summed E-state index contributed by atoms with van der Waals surface area (Å²) in [6, 6.07) is 0. The van der Waals surface area contributed by atoms with Crippen LogP contribution in [0.5, 0.6) is 0 Å². The van der Waals surface area contributed by atoms with Crippen LogP contribution in [0.25, 0.3) is 0 Å². The Morgan fingerprint density at radius 2 is 1.91 bits per heavy atom. The molecular formula is C9H18P2. The summed E-state index contributed by atoms with van der Waals surface area (Å²) in [7, 11) is 1.84. The van der Waals surface area contributed by atoms with Crippen LogP contribution in [0.1, 0.15) is 32.1 Å². The fourth-order valence-corrected chi connectivity index (χ4v) is 8.48. The Labute approximate surface area is 73.0 Å². The highest BCUT2D eigenvalue weighted by Gasteiger charge is 2.31. The number of hydrogen-bond donors (Lipinski definition) is 0. The molecule has 1 saturated carbocycles. The van der Waals surface area contributed by atoms with Gasteiger partial charge in [-0.05, 0) is 43.7 Å². The lowest BCUT2D eigenvalue weighted by molar-refractivity contribution is 0.513. The summed E-state index contributed by atoms with van der Waals surface area (Å²) in [4.78, 5) is 0. The third-order valence-corrected chi connectivity index (χ3v) is 9.09. The van der Waals surface area contributed by atoms with E-state index in [2.05, 4.69) is 6.66 Å². The van der Waals surface area contributed by atoms with Crippen molar-refractivity contribution in [2.45, 2.75) is 37.8 Å². The van der Waals surface area contributed by atoms with Gasteiger partial charge in [0.25, 0.3) is 0 Å². The lowest BCUT2D eigenvalue weighted by Gasteiger charge is -2.22. The number of hydrogen-bond acceptors (Lipinski definition) is 0. The molecule has 2 fully saturated rings. The molecule has 1 aliphatic heterocycles. The van der Waals surface area contributed by atoms with E-state index in [4.69, 9.17) is 0 Å². The molecule has 2 aliphatic rings. The summed E-state index contributed by atoms with van der Waals surface area (Å²) in [6.07, 6.45) is 9.37. The second kappa shape index (κ2) is 3.71. The van der Waals surface area contributed by atoms with Gasteiger partial charge in [-0.25, -0.2) is 0 Å². The summed E-state index contributed by atoms with van der Waals surface area (Å²) in [5, 5.41) is 0. The van der Waals surface area contributed by atoms with Crippen LogP contribution in [0.3, 0.4) is 0 Å². The second-order valence-corrected chi connectivity index (χ2v) is 9.69. The van der Waals surface area contributed by atoms with Crippen molar-refractivity contribution in [1.29, 1.82) is 0 Å². The molecule has 11 heavy (non-hydrogen) atoms. The highest BCUT2D eigenvalue weighted by atomic mass is 32.0. The van der Waals surface area contributed by atoms with Crippen LogP contribution in [0.15, 0.2) is 0 Å². The summed E-state index contributed by atoms with van der Waals surface area (Å²) < 4.78 is 0. The van der Waals surface area contributed by atoms with Gasteiger partial charge in [-0.3, -0.25) is 0 Å². The fourth-order valence-electron chi connectivity index (χ4n) is 2.59. The molecule has 3 atom stereocenters. The Morgan fingerprint density at radius 3 is 2.45 bits per heavy atom. The minimum Gasteiger partial charge on any atom is -0.0960 e. The molecule has 0 amide bonds. The molecule has 0 radical (unpaired) electrons. The molecule has 0 bridgehead atoms. The third-order valence-electron chi connectivity index (χ3n) is 3.24. The van der Waals surface area contributed by atoms with E-state index in [1.807, 2.05) is 0 Å². The molecule has 1 heterocycles. The predicted octanol–water partition coefficient (Wildman–Crippen LogP) is 3.65. The molecule has 64 valence electrons. The van der Waals surface area contributed by atoms with Gasteiger partial charge in [0, 0.05) is 0 Å². The van der Waals surface area contributed by atoms with Crippen LogP contribution in [-0.2, 0) is 0 Å². The highest BCUT2D eigenvalue weighted by Crippen LogP contribution is 2.66. The van der Waals surface area contributed by atoms with Gasteiger partial charge in [0.05, 0.1) is 0 Å². The molecule has 0 aromatic carbocycles. The van der Waals surface area contributed by atoms with Gasteiger partial charge < -0.3 is 0 Å². The first-order chi connectivity index (χ1) is 5.38. The molecule has 0 aromatic heterocycles.